The summed E-state index contributed by atoms with van der Waals surface area (Å²) in [4.78, 5) is 24.9. The summed E-state index contributed by atoms with van der Waals surface area (Å²) in [5, 5.41) is 5.53. The van der Waals surface area contributed by atoms with Gasteiger partial charge in [0.05, 0.1) is 23.2 Å². The van der Waals surface area contributed by atoms with Crippen LogP contribution in [0.25, 0.3) is 0 Å². The number of aryl methyl sites for hydroxylation is 1. The quantitative estimate of drug-likeness (QED) is 0.706. The van der Waals surface area contributed by atoms with Crippen molar-refractivity contribution in [2.75, 3.05) is 16.3 Å². The molecule has 0 atom stereocenters. The number of carbonyl (C=O) groups is 2. The maximum atomic E-state index is 12.6. The van der Waals surface area contributed by atoms with Gasteiger partial charge in [-0.05, 0) is 56.7 Å². The van der Waals surface area contributed by atoms with Crippen molar-refractivity contribution in [2.45, 2.75) is 26.8 Å². The molecule has 2 rings (SSSR count). The van der Waals surface area contributed by atoms with Gasteiger partial charge in [-0.3, -0.25) is 14.3 Å². The molecule has 8 heteroatoms. The molecule has 3 N–H and O–H groups in total. The largest absolute Gasteiger partial charge is 0.350 e. The van der Waals surface area contributed by atoms with Gasteiger partial charge >= 0.3 is 0 Å². The molecule has 144 valence electrons. The minimum Gasteiger partial charge on any atom is -0.350 e. The minimum absolute atomic E-state index is 0.0289. The van der Waals surface area contributed by atoms with Crippen LogP contribution in [0.4, 0.5) is 11.4 Å². The SMILES string of the molecule is Cc1cc(C(=O)Nc2ccccc2C(=O)NC(C)C)ccc1NS(C)(=O)=O. The second-order valence-corrected chi connectivity index (χ2v) is 8.28. The second-order valence-electron chi connectivity index (χ2n) is 6.53. The lowest BCUT2D eigenvalue weighted by Gasteiger charge is -2.14. The highest BCUT2D eigenvalue weighted by atomic mass is 32.2. The Hall–Kier alpha value is -2.87. The molecule has 0 heterocycles. The highest BCUT2D eigenvalue weighted by Crippen LogP contribution is 2.20. The molecule has 0 saturated heterocycles. The fourth-order valence-electron chi connectivity index (χ4n) is 2.44. The van der Waals surface area contributed by atoms with Gasteiger partial charge in [0.1, 0.15) is 0 Å². The van der Waals surface area contributed by atoms with E-state index in [1.54, 1.807) is 37.3 Å². The zero-order valence-electron chi connectivity index (χ0n) is 15.7. The van der Waals surface area contributed by atoms with Crippen molar-refractivity contribution < 1.29 is 18.0 Å². The van der Waals surface area contributed by atoms with Crippen molar-refractivity contribution in [3.05, 3.63) is 59.2 Å². The number of sulfonamides is 1. The number of benzene rings is 2. The van der Waals surface area contributed by atoms with Gasteiger partial charge in [-0.15, -0.1) is 0 Å². The lowest BCUT2D eigenvalue weighted by molar-refractivity contribution is 0.0944. The number of carbonyl (C=O) groups excluding carboxylic acids is 2. The van der Waals surface area contributed by atoms with Crippen LogP contribution in [0, 0.1) is 6.92 Å². The van der Waals surface area contributed by atoms with Crippen LogP contribution in [-0.2, 0) is 10.0 Å². The number of anilines is 2. The predicted octanol–water partition coefficient (Wildman–Crippen LogP) is 2.76. The summed E-state index contributed by atoms with van der Waals surface area (Å²) in [6.07, 6.45) is 1.06. The van der Waals surface area contributed by atoms with Crippen LogP contribution >= 0.6 is 0 Å². The Bertz CT molecular complexity index is 969. The van der Waals surface area contributed by atoms with Crippen LogP contribution in [0.2, 0.25) is 0 Å². The Morgan fingerprint density at radius 2 is 1.63 bits per heavy atom. The van der Waals surface area contributed by atoms with Gasteiger partial charge < -0.3 is 10.6 Å². The fraction of sp³-hybridized carbons (Fsp3) is 0.263. The molecule has 0 aromatic heterocycles. The van der Waals surface area contributed by atoms with Crippen molar-refractivity contribution in [3.8, 4) is 0 Å². The minimum atomic E-state index is -3.40. The molecule has 0 spiro atoms. The summed E-state index contributed by atoms with van der Waals surface area (Å²) in [6, 6.07) is 11.3. The molecule has 0 aliphatic heterocycles. The smallest absolute Gasteiger partial charge is 0.255 e. The lowest BCUT2D eigenvalue weighted by atomic mass is 10.1. The third-order valence-corrected chi connectivity index (χ3v) is 4.21. The molecule has 0 aliphatic carbocycles. The third-order valence-electron chi connectivity index (χ3n) is 3.62. The molecular formula is C19H23N3O4S. The van der Waals surface area contributed by atoms with Gasteiger partial charge in [0, 0.05) is 11.6 Å². The van der Waals surface area contributed by atoms with Crippen LogP contribution < -0.4 is 15.4 Å². The standard InChI is InChI=1S/C19H23N3O4S/c1-12(2)20-19(24)15-7-5-6-8-17(15)21-18(23)14-9-10-16(13(3)11-14)22-27(4,25)26/h5-12,22H,1-4H3,(H,20,24)(H,21,23). The topological polar surface area (TPSA) is 104 Å². The molecule has 2 aromatic rings. The average Bonchev–Trinajstić information content (AvgIpc) is 2.55. The van der Waals surface area contributed by atoms with Crippen molar-refractivity contribution >= 4 is 33.2 Å². The van der Waals surface area contributed by atoms with Crippen LogP contribution in [0.15, 0.2) is 42.5 Å². The predicted molar refractivity (Wildman–Crippen MR) is 107 cm³/mol. The molecule has 7 nitrogen and oxygen atoms in total. The van der Waals surface area contributed by atoms with E-state index in [0.29, 0.717) is 28.1 Å². The Kier molecular flexibility index (Phi) is 6.22. The summed E-state index contributed by atoms with van der Waals surface area (Å²) in [5.41, 5.74) is 2.14. The van der Waals surface area contributed by atoms with Crippen LogP contribution in [0.5, 0.6) is 0 Å². The first-order valence-electron chi connectivity index (χ1n) is 8.36. The fourth-order valence-corrected chi connectivity index (χ4v) is 3.07. The number of amides is 2. The molecule has 2 aromatic carbocycles. The molecule has 0 bridgehead atoms. The van der Waals surface area contributed by atoms with E-state index in [-0.39, 0.29) is 11.9 Å². The Labute approximate surface area is 159 Å². The Morgan fingerprint density at radius 3 is 2.22 bits per heavy atom. The van der Waals surface area contributed by atoms with Crippen molar-refractivity contribution in [3.63, 3.8) is 0 Å². The number of hydrogen-bond acceptors (Lipinski definition) is 4. The van der Waals surface area contributed by atoms with E-state index < -0.39 is 15.9 Å². The van der Waals surface area contributed by atoms with Gasteiger partial charge in [0.2, 0.25) is 10.0 Å². The zero-order chi connectivity index (χ0) is 20.2. The number of nitrogens with one attached hydrogen (secondary N) is 3. The van der Waals surface area contributed by atoms with Crippen molar-refractivity contribution in [2.24, 2.45) is 0 Å². The maximum absolute atomic E-state index is 12.6. The van der Waals surface area contributed by atoms with Crippen LogP contribution in [0.3, 0.4) is 0 Å². The molecule has 2 amide bonds. The van der Waals surface area contributed by atoms with Gasteiger partial charge in [-0.1, -0.05) is 12.1 Å². The lowest BCUT2D eigenvalue weighted by Crippen LogP contribution is -2.31. The summed E-state index contributed by atoms with van der Waals surface area (Å²) < 4.78 is 25.1. The summed E-state index contributed by atoms with van der Waals surface area (Å²) >= 11 is 0. The summed E-state index contributed by atoms with van der Waals surface area (Å²) in [7, 11) is -3.40. The highest BCUT2D eigenvalue weighted by Gasteiger charge is 2.15. The van der Waals surface area contributed by atoms with Gasteiger partial charge in [0.15, 0.2) is 0 Å². The molecule has 0 saturated carbocycles. The first-order chi connectivity index (χ1) is 12.6. The van der Waals surface area contributed by atoms with Crippen LogP contribution in [0.1, 0.15) is 40.1 Å². The maximum Gasteiger partial charge on any atom is 0.255 e. The van der Waals surface area contributed by atoms with Gasteiger partial charge in [-0.25, -0.2) is 8.42 Å². The molecule has 27 heavy (non-hydrogen) atoms. The van der Waals surface area contributed by atoms with E-state index in [9.17, 15) is 18.0 Å². The number of rotatable bonds is 6. The van der Waals surface area contributed by atoms with Gasteiger partial charge in [-0.2, -0.15) is 0 Å². The second kappa shape index (κ2) is 8.22. The van der Waals surface area contributed by atoms with E-state index >= 15 is 0 Å². The van der Waals surface area contributed by atoms with E-state index in [1.165, 1.54) is 12.1 Å². The molecular weight excluding hydrogens is 366 g/mol. The molecule has 0 aliphatic rings. The van der Waals surface area contributed by atoms with E-state index in [0.717, 1.165) is 6.26 Å². The summed E-state index contributed by atoms with van der Waals surface area (Å²) in [6.45, 7) is 5.41. The van der Waals surface area contributed by atoms with Crippen molar-refractivity contribution in [1.29, 1.82) is 0 Å². The average molecular weight is 389 g/mol. The molecule has 0 unspecified atom stereocenters. The van der Waals surface area contributed by atoms with E-state index in [1.807, 2.05) is 13.8 Å². The van der Waals surface area contributed by atoms with Crippen molar-refractivity contribution in [1.82, 2.24) is 5.32 Å². The number of hydrogen-bond donors (Lipinski definition) is 3. The van der Waals surface area contributed by atoms with Crippen LogP contribution in [-0.4, -0.2) is 32.5 Å². The Balaban J connectivity index is 2.23. The Morgan fingerprint density at radius 1 is 0.963 bits per heavy atom. The molecule has 0 fully saturated rings. The summed E-state index contributed by atoms with van der Waals surface area (Å²) in [5.74, 6) is -0.668. The van der Waals surface area contributed by atoms with Gasteiger partial charge in [0.25, 0.3) is 11.8 Å². The first-order valence-corrected chi connectivity index (χ1v) is 10.3. The zero-order valence-corrected chi connectivity index (χ0v) is 16.5. The van der Waals surface area contributed by atoms with E-state index in [2.05, 4.69) is 15.4 Å². The van der Waals surface area contributed by atoms with E-state index in [4.69, 9.17) is 0 Å². The number of para-hydroxylation sites is 1. The monoisotopic (exact) mass is 389 g/mol. The normalized spacial score (nSPS) is 11.1. The third kappa shape index (κ3) is 5.82. The highest BCUT2D eigenvalue weighted by molar-refractivity contribution is 7.92. The first kappa shape index (κ1) is 20.4. The molecule has 0 radical (unpaired) electrons.